The smallest absolute Gasteiger partial charge is 0.157 e. The van der Waals surface area contributed by atoms with Crippen molar-refractivity contribution in [2.75, 3.05) is 31.1 Å². The Morgan fingerprint density at radius 1 is 0.917 bits per heavy atom. The fourth-order valence-corrected chi connectivity index (χ4v) is 4.23. The lowest BCUT2D eigenvalue weighted by Gasteiger charge is -2.22. The van der Waals surface area contributed by atoms with Gasteiger partial charge in [0.1, 0.15) is 5.82 Å². The Morgan fingerprint density at radius 3 is 2.50 bits per heavy atom. The first-order chi connectivity index (χ1) is 11.8. The van der Waals surface area contributed by atoms with Gasteiger partial charge < -0.3 is 4.90 Å². The highest BCUT2D eigenvalue weighted by atomic mass is 15.3. The summed E-state index contributed by atoms with van der Waals surface area (Å²) in [6.07, 6.45) is 3.81. The van der Waals surface area contributed by atoms with Crippen LogP contribution in [0.5, 0.6) is 0 Å². The molecule has 0 saturated carbocycles. The highest BCUT2D eigenvalue weighted by molar-refractivity contribution is 5.48. The summed E-state index contributed by atoms with van der Waals surface area (Å²) in [4.78, 5) is 9.80. The van der Waals surface area contributed by atoms with Gasteiger partial charge in [-0.05, 0) is 23.5 Å². The van der Waals surface area contributed by atoms with Crippen molar-refractivity contribution in [2.45, 2.75) is 6.54 Å². The maximum absolute atomic E-state index is 4.74. The number of hydrogen-bond donors (Lipinski definition) is 0. The molecule has 1 aromatic carbocycles. The van der Waals surface area contributed by atoms with Gasteiger partial charge in [0, 0.05) is 45.0 Å². The molecular weight excluding hydrogens is 298 g/mol. The van der Waals surface area contributed by atoms with Gasteiger partial charge >= 0.3 is 0 Å². The van der Waals surface area contributed by atoms with Crippen molar-refractivity contribution in [3.8, 4) is 0 Å². The van der Waals surface area contributed by atoms with Crippen LogP contribution in [0.4, 0.5) is 5.82 Å². The van der Waals surface area contributed by atoms with Crippen LogP contribution in [-0.4, -0.2) is 45.7 Å². The molecule has 3 aromatic rings. The Hall–Kier alpha value is -2.40. The van der Waals surface area contributed by atoms with E-state index < -0.39 is 0 Å². The molecule has 2 unspecified atom stereocenters. The van der Waals surface area contributed by atoms with Gasteiger partial charge in [-0.1, -0.05) is 30.3 Å². The van der Waals surface area contributed by atoms with Gasteiger partial charge in [-0.25, -0.2) is 9.50 Å². The maximum atomic E-state index is 4.74. The van der Waals surface area contributed by atoms with Gasteiger partial charge in [-0.15, -0.1) is 0 Å². The number of nitrogens with zero attached hydrogens (tertiary/aromatic N) is 5. The third-order valence-corrected chi connectivity index (χ3v) is 5.38. The molecule has 2 aromatic heterocycles. The van der Waals surface area contributed by atoms with E-state index in [2.05, 4.69) is 51.3 Å². The van der Waals surface area contributed by atoms with E-state index in [-0.39, 0.29) is 0 Å². The molecule has 0 amide bonds. The normalized spacial score (nSPS) is 23.9. The van der Waals surface area contributed by atoms with E-state index in [0.29, 0.717) is 0 Å². The Kier molecular flexibility index (Phi) is 3.26. The van der Waals surface area contributed by atoms with Gasteiger partial charge in [0.25, 0.3) is 0 Å². The van der Waals surface area contributed by atoms with Crippen LogP contribution in [0, 0.1) is 11.8 Å². The van der Waals surface area contributed by atoms with Crippen molar-refractivity contribution < 1.29 is 0 Å². The van der Waals surface area contributed by atoms with Crippen molar-refractivity contribution in [2.24, 2.45) is 11.8 Å². The zero-order valence-electron chi connectivity index (χ0n) is 13.6. The Labute approximate surface area is 141 Å². The number of hydrogen-bond acceptors (Lipinski definition) is 4. The number of anilines is 1. The van der Waals surface area contributed by atoms with Crippen molar-refractivity contribution >= 4 is 11.5 Å². The van der Waals surface area contributed by atoms with Crippen molar-refractivity contribution in [3.05, 3.63) is 60.4 Å². The predicted octanol–water partition coefficient (Wildman–Crippen LogP) is 2.30. The largest absolute Gasteiger partial charge is 0.356 e. The molecule has 2 aliphatic heterocycles. The zero-order valence-corrected chi connectivity index (χ0v) is 13.6. The lowest BCUT2D eigenvalue weighted by atomic mass is 10.0. The van der Waals surface area contributed by atoms with Crippen LogP contribution < -0.4 is 4.90 Å². The van der Waals surface area contributed by atoms with E-state index in [4.69, 9.17) is 4.98 Å². The highest BCUT2D eigenvalue weighted by Gasteiger charge is 2.40. The fraction of sp³-hybridized carbons (Fsp3) is 0.368. The maximum Gasteiger partial charge on any atom is 0.157 e. The van der Waals surface area contributed by atoms with Crippen LogP contribution >= 0.6 is 0 Å². The van der Waals surface area contributed by atoms with E-state index in [1.807, 2.05) is 16.8 Å². The number of likely N-dealkylation sites (tertiary alicyclic amines) is 1. The van der Waals surface area contributed by atoms with Crippen LogP contribution in [0.3, 0.4) is 0 Å². The van der Waals surface area contributed by atoms with Crippen molar-refractivity contribution in [3.63, 3.8) is 0 Å². The first-order valence-electron chi connectivity index (χ1n) is 8.67. The van der Waals surface area contributed by atoms with Crippen LogP contribution in [0.25, 0.3) is 5.65 Å². The molecule has 2 aliphatic rings. The lowest BCUT2D eigenvalue weighted by Crippen LogP contribution is -2.29. The molecule has 2 atom stereocenters. The first-order valence-corrected chi connectivity index (χ1v) is 8.67. The quantitative estimate of drug-likeness (QED) is 0.742. The number of benzene rings is 1. The van der Waals surface area contributed by atoms with E-state index >= 15 is 0 Å². The molecular formula is C19H21N5. The molecule has 0 radical (unpaired) electrons. The monoisotopic (exact) mass is 319 g/mol. The summed E-state index contributed by atoms with van der Waals surface area (Å²) in [6, 6.07) is 14.9. The molecule has 0 aliphatic carbocycles. The third kappa shape index (κ3) is 2.45. The second kappa shape index (κ2) is 5.60. The zero-order chi connectivity index (χ0) is 15.9. The molecule has 24 heavy (non-hydrogen) atoms. The first kappa shape index (κ1) is 14.0. The van der Waals surface area contributed by atoms with Crippen LogP contribution in [0.15, 0.2) is 54.9 Å². The van der Waals surface area contributed by atoms with Crippen LogP contribution in [-0.2, 0) is 6.54 Å². The second-order valence-electron chi connectivity index (χ2n) is 7.02. The summed E-state index contributed by atoms with van der Waals surface area (Å²) >= 11 is 0. The average Bonchev–Trinajstić information content (AvgIpc) is 3.29. The van der Waals surface area contributed by atoms with Gasteiger partial charge in [0.2, 0.25) is 0 Å². The van der Waals surface area contributed by atoms with E-state index in [1.54, 1.807) is 6.20 Å². The van der Waals surface area contributed by atoms with E-state index in [0.717, 1.165) is 42.9 Å². The van der Waals surface area contributed by atoms with Crippen LogP contribution in [0.1, 0.15) is 5.56 Å². The van der Waals surface area contributed by atoms with Gasteiger partial charge in [0.15, 0.2) is 5.65 Å². The summed E-state index contributed by atoms with van der Waals surface area (Å²) in [6.45, 7) is 5.71. The molecule has 0 spiro atoms. The van der Waals surface area contributed by atoms with Gasteiger partial charge in [-0.3, -0.25) is 4.90 Å². The van der Waals surface area contributed by atoms with Gasteiger partial charge in [0.05, 0.1) is 6.20 Å². The summed E-state index contributed by atoms with van der Waals surface area (Å²) in [5.41, 5.74) is 2.34. The minimum absolute atomic E-state index is 0.761. The SMILES string of the molecule is c1ccc(CN2CC3CN(c4ccn5nccc5n4)CC3C2)cc1. The minimum atomic E-state index is 0.761. The lowest BCUT2D eigenvalue weighted by molar-refractivity contribution is 0.309. The van der Waals surface area contributed by atoms with Crippen molar-refractivity contribution in [1.29, 1.82) is 0 Å². The molecule has 5 rings (SSSR count). The Balaban J connectivity index is 1.26. The van der Waals surface area contributed by atoms with Crippen molar-refractivity contribution in [1.82, 2.24) is 19.5 Å². The summed E-state index contributed by atoms with van der Waals surface area (Å²) in [5, 5.41) is 4.22. The summed E-state index contributed by atoms with van der Waals surface area (Å²) in [5.74, 6) is 2.61. The second-order valence-corrected chi connectivity index (χ2v) is 7.02. The third-order valence-electron chi connectivity index (χ3n) is 5.38. The fourth-order valence-electron chi connectivity index (χ4n) is 4.23. The minimum Gasteiger partial charge on any atom is -0.356 e. The molecule has 0 N–H and O–H groups in total. The molecule has 5 heteroatoms. The molecule has 4 heterocycles. The number of fused-ring (bicyclic) bond motifs is 2. The van der Waals surface area contributed by atoms with E-state index in [1.165, 1.54) is 18.7 Å². The standard InChI is InChI=1S/C19H21N5/c1-2-4-15(5-3-1)10-22-11-16-13-23(14-17(16)12-22)18-7-9-24-19(21-18)6-8-20-24/h1-9,16-17H,10-14H2. The molecule has 0 bridgehead atoms. The van der Waals surface area contributed by atoms with Gasteiger partial charge in [-0.2, -0.15) is 5.10 Å². The number of aromatic nitrogens is 3. The molecule has 122 valence electrons. The van der Waals surface area contributed by atoms with E-state index in [9.17, 15) is 0 Å². The highest BCUT2D eigenvalue weighted by Crippen LogP contribution is 2.33. The molecule has 2 saturated heterocycles. The topological polar surface area (TPSA) is 36.7 Å². The predicted molar refractivity (Wildman–Crippen MR) is 93.9 cm³/mol. The molecule has 5 nitrogen and oxygen atoms in total. The molecule has 2 fully saturated rings. The number of rotatable bonds is 3. The summed E-state index contributed by atoms with van der Waals surface area (Å²) in [7, 11) is 0. The van der Waals surface area contributed by atoms with Crippen LogP contribution in [0.2, 0.25) is 0 Å². The Bertz CT molecular complexity index is 829. The Morgan fingerprint density at radius 2 is 1.71 bits per heavy atom. The average molecular weight is 319 g/mol. The summed E-state index contributed by atoms with van der Waals surface area (Å²) < 4.78 is 1.82.